The summed E-state index contributed by atoms with van der Waals surface area (Å²) in [5.41, 5.74) is 6.34. The van der Waals surface area contributed by atoms with E-state index in [1.807, 2.05) is 0 Å². The quantitative estimate of drug-likeness (QED) is 0.580. The molecule has 9 heteroatoms. The first kappa shape index (κ1) is 21.1. The fourth-order valence-electron chi connectivity index (χ4n) is 2.61. The molecule has 1 aromatic heterocycles. The van der Waals surface area contributed by atoms with E-state index in [4.69, 9.17) is 10.5 Å². The third kappa shape index (κ3) is 5.05. The number of alkyl halides is 3. The molecule has 0 saturated carbocycles. The Kier molecular flexibility index (Phi) is 5.91. The van der Waals surface area contributed by atoms with E-state index in [-0.39, 0.29) is 35.3 Å². The number of carbonyl (C=O) groups excluding carboxylic acids is 1. The van der Waals surface area contributed by atoms with Crippen LogP contribution in [0.5, 0.6) is 11.5 Å². The van der Waals surface area contributed by atoms with Gasteiger partial charge in [-0.2, -0.15) is 13.2 Å². The molecular weight excluding hydrogens is 402 g/mol. The van der Waals surface area contributed by atoms with E-state index in [2.05, 4.69) is 10.3 Å². The standard InChI is InChI=1S/C21H17F4N3O2/c1-12-2-8-16(19(26)28-12)20(29)27-11-13-3-6-15(7-4-13)30-18-9-5-14(10-17(18)22)21(23,24)25/h2-10H,11H2,1H3,(H2,26,28)(H,27,29). The molecule has 0 spiro atoms. The first-order valence-electron chi connectivity index (χ1n) is 8.78. The second-order valence-corrected chi connectivity index (χ2v) is 6.46. The maximum atomic E-state index is 13.9. The van der Waals surface area contributed by atoms with Crippen molar-refractivity contribution < 1.29 is 27.1 Å². The zero-order valence-electron chi connectivity index (χ0n) is 15.8. The van der Waals surface area contributed by atoms with Crippen LogP contribution in [0.4, 0.5) is 23.4 Å². The normalized spacial score (nSPS) is 11.2. The zero-order chi connectivity index (χ0) is 21.9. The van der Waals surface area contributed by atoms with Crippen molar-refractivity contribution in [1.29, 1.82) is 0 Å². The summed E-state index contributed by atoms with van der Waals surface area (Å²) in [5.74, 6) is -1.46. The summed E-state index contributed by atoms with van der Waals surface area (Å²) < 4.78 is 57.0. The van der Waals surface area contributed by atoms with Crippen molar-refractivity contribution in [3.8, 4) is 11.5 Å². The number of aryl methyl sites for hydroxylation is 1. The van der Waals surface area contributed by atoms with Crippen LogP contribution in [0.3, 0.4) is 0 Å². The van der Waals surface area contributed by atoms with Gasteiger partial charge in [-0.15, -0.1) is 0 Å². The largest absolute Gasteiger partial charge is 0.454 e. The molecule has 0 aliphatic rings. The zero-order valence-corrected chi connectivity index (χ0v) is 15.8. The van der Waals surface area contributed by atoms with Gasteiger partial charge < -0.3 is 15.8 Å². The summed E-state index contributed by atoms with van der Waals surface area (Å²) >= 11 is 0. The SMILES string of the molecule is Cc1ccc(C(=O)NCc2ccc(Oc3ccc(C(F)(F)F)cc3F)cc2)c(N)n1. The average molecular weight is 419 g/mol. The van der Waals surface area contributed by atoms with Crippen LogP contribution in [0, 0.1) is 12.7 Å². The molecule has 2 aromatic carbocycles. The third-order valence-corrected chi connectivity index (χ3v) is 4.17. The maximum absolute atomic E-state index is 13.9. The lowest BCUT2D eigenvalue weighted by atomic mass is 10.2. The molecular formula is C21H17F4N3O2. The molecule has 0 radical (unpaired) electrons. The molecule has 0 aliphatic heterocycles. The van der Waals surface area contributed by atoms with Crippen LogP contribution in [0.25, 0.3) is 0 Å². The van der Waals surface area contributed by atoms with Crippen LogP contribution >= 0.6 is 0 Å². The van der Waals surface area contributed by atoms with Gasteiger partial charge in [0.25, 0.3) is 5.91 Å². The smallest absolute Gasteiger partial charge is 0.416 e. The molecule has 1 heterocycles. The number of ether oxygens (including phenoxy) is 1. The lowest BCUT2D eigenvalue weighted by Gasteiger charge is -2.11. The van der Waals surface area contributed by atoms with Crippen molar-refractivity contribution in [3.05, 3.63) is 82.8 Å². The lowest BCUT2D eigenvalue weighted by molar-refractivity contribution is -0.137. The number of nitrogens with two attached hydrogens (primary N) is 1. The maximum Gasteiger partial charge on any atom is 0.416 e. The Balaban J connectivity index is 1.62. The van der Waals surface area contributed by atoms with E-state index >= 15 is 0 Å². The van der Waals surface area contributed by atoms with Gasteiger partial charge in [0.05, 0.1) is 11.1 Å². The number of carbonyl (C=O) groups is 1. The molecule has 0 bridgehead atoms. The summed E-state index contributed by atoms with van der Waals surface area (Å²) in [6.45, 7) is 1.96. The molecule has 0 aliphatic carbocycles. The number of halogens is 4. The molecule has 1 amide bonds. The van der Waals surface area contributed by atoms with Crippen molar-refractivity contribution in [2.45, 2.75) is 19.6 Å². The van der Waals surface area contributed by atoms with Crippen LogP contribution < -0.4 is 15.8 Å². The average Bonchev–Trinajstić information content (AvgIpc) is 2.68. The van der Waals surface area contributed by atoms with Crippen LogP contribution in [0.15, 0.2) is 54.6 Å². The monoisotopic (exact) mass is 419 g/mol. The second-order valence-electron chi connectivity index (χ2n) is 6.46. The highest BCUT2D eigenvalue weighted by molar-refractivity contribution is 5.98. The van der Waals surface area contributed by atoms with E-state index in [1.165, 1.54) is 12.1 Å². The number of amides is 1. The molecule has 0 unspecified atom stereocenters. The number of nitrogen functional groups attached to an aromatic ring is 1. The summed E-state index contributed by atoms with van der Waals surface area (Å²) in [6.07, 6.45) is -4.63. The van der Waals surface area contributed by atoms with Gasteiger partial charge in [-0.25, -0.2) is 9.37 Å². The van der Waals surface area contributed by atoms with Crippen molar-refractivity contribution in [1.82, 2.24) is 10.3 Å². The number of nitrogens with zero attached hydrogens (tertiary/aromatic N) is 1. The third-order valence-electron chi connectivity index (χ3n) is 4.17. The van der Waals surface area contributed by atoms with E-state index in [0.717, 1.165) is 17.7 Å². The number of rotatable bonds is 5. The Morgan fingerprint density at radius 3 is 2.40 bits per heavy atom. The van der Waals surface area contributed by atoms with Crippen LogP contribution in [-0.2, 0) is 12.7 Å². The Morgan fingerprint density at radius 2 is 1.80 bits per heavy atom. The molecule has 3 aromatic rings. The van der Waals surface area contributed by atoms with Crippen molar-refractivity contribution in [2.75, 3.05) is 5.73 Å². The minimum Gasteiger partial charge on any atom is -0.454 e. The molecule has 0 fully saturated rings. The Labute approximate surface area is 169 Å². The highest BCUT2D eigenvalue weighted by Gasteiger charge is 2.31. The number of hydrogen-bond donors (Lipinski definition) is 2. The fourth-order valence-corrected chi connectivity index (χ4v) is 2.61. The van der Waals surface area contributed by atoms with Gasteiger partial charge in [-0.05, 0) is 55.0 Å². The van der Waals surface area contributed by atoms with Gasteiger partial charge in [0.2, 0.25) is 0 Å². The number of aromatic nitrogens is 1. The summed E-state index contributed by atoms with van der Waals surface area (Å²) in [5, 5.41) is 2.71. The molecule has 0 atom stereocenters. The van der Waals surface area contributed by atoms with E-state index in [0.29, 0.717) is 11.8 Å². The van der Waals surface area contributed by atoms with Gasteiger partial charge in [-0.1, -0.05) is 12.1 Å². The molecule has 3 N–H and O–H groups in total. The van der Waals surface area contributed by atoms with Gasteiger partial charge >= 0.3 is 6.18 Å². The summed E-state index contributed by atoms with van der Waals surface area (Å²) in [6, 6.07) is 11.6. The van der Waals surface area contributed by atoms with Crippen LogP contribution in [-0.4, -0.2) is 10.9 Å². The van der Waals surface area contributed by atoms with Crippen LogP contribution in [0.2, 0.25) is 0 Å². The van der Waals surface area contributed by atoms with Crippen LogP contribution in [0.1, 0.15) is 27.2 Å². The number of nitrogens with one attached hydrogen (secondary N) is 1. The number of benzene rings is 2. The summed E-state index contributed by atoms with van der Waals surface area (Å²) in [4.78, 5) is 16.3. The first-order valence-corrected chi connectivity index (χ1v) is 8.78. The molecule has 30 heavy (non-hydrogen) atoms. The Bertz CT molecular complexity index is 1070. The van der Waals surface area contributed by atoms with Crippen molar-refractivity contribution in [2.24, 2.45) is 0 Å². The highest BCUT2D eigenvalue weighted by Crippen LogP contribution is 2.33. The number of hydrogen-bond acceptors (Lipinski definition) is 4. The van der Waals surface area contributed by atoms with E-state index in [1.54, 1.807) is 31.2 Å². The molecule has 3 rings (SSSR count). The van der Waals surface area contributed by atoms with E-state index in [9.17, 15) is 22.4 Å². The molecule has 156 valence electrons. The molecule has 0 saturated heterocycles. The van der Waals surface area contributed by atoms with Gasteiger partial charge in [-0.3, -0.25) is 4.79 Å². The molecule has 5 nitrogen and oxygen atoms in total. The minimum absolute atomic E-state index is 0.134. The van der Waals surface area contributed by atoms with Gasteiger partial charge in [0, 0.05) is 12.2 Å². The lowest BCUT2D eigenvalue weighted by Crippen LogP contribution is -2.24. The summed E-state index contributed by atoms with van der Waals surface area (Å²) in [7, 11) is 0. The van der Waals surface area contributed by atoms with Gasteiger partial charge in [0.1, 0.15) is 11.6 Å². The van der Waals surface area contributed by atoms with Gasteiger partial charge in [0.15, 0.2) is 11.6 Å². The predicted molar refractivity (Wildman–Crippen MR) is 102 cm³/mol. The topological polar surface area (TPSA) is 77.2 Å². The van der Waals surface area contributed by atoms with E-state index < -0.39 is 17.6 Å². The Morgan fingerprint density at radius 1 is 1.10 bits per heavy atom. The highest BCUT2D eigenvalue weighted by atomic mass is 19.4. The first-order chi connectivity index (χ1) is 14.1. The second kappa shape index (κ2) is 8.40. The van der Waals surface area contributed by atoms with Crippen molar-refractivity contribution >= 4 is 11.7 Å². The Hall–Kier alpha value is -3.62. The fraction of sp³-hybridized carbons (Fsp3) is 0.143. The number of pyridine rings is 1. The predicted octanol–water partition coefficient (Wildman–Crippen LogP) is 4.85. The van der Waals surface area contributed by atoms with Crippen molar-refractivity contribution in [3.63, 3.8) is 0 Å². The number of anilines is 1. The minimum atomic E-state index is -4.63.